The Morgan fingerprint density at radius 1 is 1.17 bits per heavy atom. The molecule has 120 valence electrons. The standard InChI is InChI=1S/C18H19NO3S/c20-17(8-13-6-7-23-12-13)19-10-15(9-16(11-19)18(21)22)14-4-2-1-3-5-14/h1-7,12,15-16H,8-11H2,(H,21,22)/t15-,16+/m1/s1. The van der Waals surface area contributed by atoms with Crippen LogP contribution in [-0.2, 0) is 16.0 Å². The zero-order valence-electron chi connectivity index (χ0n) is 12.7. The molecule has 2 aromatic rings. The highest BCUT2D eigenvalue weighted by atomic mass is 32.1. The van der Waals surface area contributed by atoms with E-state index in [1.807, 2.05) is 47.2 Å². The molecule has 2 atom stereocenters. The third kappa shape index (κ3) is 3.79. The Balaban J connectivity index is 1.76. The van der Waals surface area contributed by atoms with E-state index >= 15 is 0 Å². The van der Waals surface area contributed by atoms with Crippen LogP contribution in [0.3, 0.4) is 0 Å². The second-order valence-electron chi connectivity index (χ2n) is 5.99. The first-order chi connectivity index (χ1) is 11.1. The number of likely N-dealkylation sites (tertiary alicyclic amines) is 1. The van der Waals surface area contributed by atoms with Gasteiger partial charge in [0, 0.05) is 19.0 Å². The van der Waals surface area contributed by atoms with Crippen molar-refractivity contribution in [2.75, 3.05) is 13.1 Å². The summed E-state index contributed by atoms with van der Waals surface area (Å²) < 4.78 is 0. The highest BCUT2D eigenvalue weighted by Crippen LogP contribution is 2.30. The van der Waals surface area contributed by atoms with Crippen LogP contribution in [0.5, 0.6) is 0 Å². The molecule has 0 bridgehead atoms. The molecule has 23 heavy (non-hydrogen) atoms. The van der Waals surface area contributed by atoms with E-state index in [4.69, 9.17) is 0 Å². The Morgan fingerprint density at radius 2 is 1.96 bits per heavy atom. The van der Waals surface area contributed by atoms with Crippen LogP contribution in [0.4, 0.5) is 0 Å². The minimum Gasteiger partial charge on any atom is -0.481 e. The van der Waals surface area contributed by atoms with Crippen molar-refractivity contribution in [3.63, 3.8) is 0 Å². The van der Waals surface area contributed by atoms with Crippen molar-refractivity contribution in [3.8, 4) is 0 Å². The van der Waals surface area contributed by atoms with Crippen molar-refractivity contribution in [1.82, 2.24) is 4.90 Å². The van der Waals surface area contributed by atoms with Crippen LogP contribution in [-0.4, -0.2) is 35.0 Å². The van der Waals surface area contributed by atoms with Gasteiger partial charge in [0.15, 0.2) is 0 Å². The minimum absolute atomic E-state index is 0.00952. The Hall–Kier alpha value is -2.14. The minimum atomic E-state index is -0.820. The number of piperidine rings is 1. The van der Waals surface area contributed by atoms with Gasteiger partial charge in [-0.1, -0.05) is 30.3 Å². The van der Waals surface area contributed by atoms with E-state index in [0.29, 0.717) is 25.9 Å². The van der Waals surface area contributed by atoms with Crippen molar-refractivity contribution in [2.24, 2.45) is 5.92 Å². The number of thiophene rings is 1. The van der Waals surface area contributed by atoms with Crippen molar-refractivity contribution in [3.05, 3.63) is 58.3 Å². The molecule has 5 heteroatoms. The summed E-state index contributed by atoms with van der Waals surface area (Å²) in [6.07, 6.45) is 0.929. The molecule has 1 aliphatic heterocycles. The molecule has 1 aliphatic rings. The second kappa shape index (κ2) is 6.96. The van der Waals surface area contributed by atoms with Crippen molar-refractivity contribution in [2.45, 2.75) is 18.8 Å². The van der Waals surface area contributed by atoms with Crippen molar-refractivity contribution >= 4 is 23.2 Å². The van der Waals surface area contributed by atoms with E-state index in [0.717, 1.165) is 11.1 Å². The molecule has 3 rings (SSSR count). The normalized spacial score (nSPS) is 21.1. The molecule has 1 amide bonds. The van der Waals surface area contributed by atoms with Gasteiger partial charge in [-0.15, -0.1) is 0 Å². The molecule has 1 N–H and O–H groups in total. The van der Waals surface area contributed by atoms with Crippen LogP contribution < -0.4 is 0 Å². The maximum Gasteiger partial charge on any atom is 0.308 e. The number of nitrogens with zero attached hydrogens (tertiary/aromatic N) is 1. The van der Waals surface area contributed by atoms with E-state index in [2.05, 4.69) is 0 Å². The molecule has 0 radical (unpaired) electrons. The van der Waals surface area contributed by atoms with Crippen LogP contribution in [0.25, 0.3) is 0 Å². The molecule has 0 unspecified atom stereocenters. The van der Waals surface area contributed by atoms with Gasteiger partial charge < -0.3 is 10.0 Å². The lowest BCUT2D eigenvalue weighted by Gasteiger charge is -2.36. The fraction of sp³-hybridized carbons (Fsp3) is 0.333. The molecule has 1 aromatic carbocycles. The van der Waals surface area contributed by atoms with Gasteiger partial charge in [0.2, 0.25) is 5.91 Å². The van der Waals surface area contributed by atoms with Gasteiger partial charge in [0.05, 0.1) is 12.3 Å². The van der Waals surface area contributed by atoms with Crippen molar-refractivity contribution < 1.29 is 14.7 Å². The van der Waals surface area contributed by atoms with Gasteiger partial charge >= 0.3 is 5.97 Å². The van der Waals surface area contributed by atoms with Gasteiger partial charge in [0.1, 0.15) is 0 Å². The van der Waals surface area contributed by atoms with Crippen LogP contribution in [0.1, 0.15) is 23.5 Å². The molecule has 1 fully saturated rings. The fourth-order valence-electron chi connectivity index (χ4n) is 3.13. The highest BCUT2D eigenvalue weighted by Gasteiger charge is 2.34. The molecular weight excluding hydrogens is 310 g/mol. The highest BCUT2D eigenvalue weighted by molar-refractivity contribution is 7.08. The van der Waals surface area contributed by atoms with E-state index in [9.17, 15) is 14.7 Å². The number of carbonyl (C=O) groups excluding carboxylic acids is 1. The first-order valence-electron chi connectivity index (χ1n) is 7.70. The molecule has 2 heterocycles. The fourth-order valence-corrected chi connectivity index (χ4v) is 3.80. The van der Waals surface area contributed by atoms with E-state index in [1.54, 1.807) is 16.2 Å². The van der Waals surface area contributed by atoms with E-state index in [-0.39, 0.29) is 11.8 Å². The molecule has 0 spiro atoms. The number of carbonyl (C=O) groups is 2. The van der Waals surface area contributed by atoms with E-state index in [1.165, 1.54) is 0 Å². The van der Waals surface area contributed by atoms with Crippen LogP contribution in [0, 0.1) is 5.92 Å². The van der Waals surface area contributed by atoms with Crippen LogP contribution >= 0.6 is 11.3 Å². The molecule has 1 aromatic heterocycles. The lowest BCUT2D eigenvalue weighted by Crippen LogP contribution is -2.46. The summed E-state index contributed by atoms with van der Waals surface area (Å²) in [6, 6.07) is 11.8. The number of hydrogen-bond acceptors (Lipinski definition) is 3. The molecule has 0 aliphatic carbocycles. The van der Waals surface area contributed by atoms with Gasteiger partial charge in [-0.25, -0.2) is 0 Å². The Bertz CT molecular complexity index is 669. The van der Waals surface area contributed by atoms with Crippen LogP contribution in [0.15, 0.2) is 47.2 Å². The number of aliphatic carboxylic acids is 1. The van der Waals surface area contributed by atoms with E-state index < -0.39 is 11.9 Å². The monoisotopic (exact) mass is 329 g/mol. The lowest BCUT2D eigenvalue weighted by atomic mass is 9.84. The van der Waals surface area contributed by atoms with Gasteiger partial charge in [-0.3, -0.25) is 9.59 Å². The quantitative estimate of drug-likeness (QED) is 0.938. The zero-order chi connectivity index (χ0) is 16.2. The first-order valence-corrected chi connectivity index (χ1v) is 8.64. The second-order valence-corrected chi connectivity index (χ2v) is 6.77. The largest absolute Gasteiger partial charge is 0.481 e. The summed E-state index contributed by atoms with van der Waals surface area (Å²) in [4.78, 5) is 25.7. The average molecular weight is 329 g/mol. The summed E-state index contributed by atoms with van der Waals surface area (Å²) in [5.41, 5.74) is 2.10. The number of rotatable bonds is 4. The lowest BCUT2D eigenvalue weighted by molar-refractivity contribution is -0.146. The first kappa shape index (κ1) is 15.7. The van der Waals surface area contributed by atoms with Crippen LogP contribution in [0.2, 0.25) is 0 Å². The Morgan fingerprint density at radius 3 is 2.61 bits per heavy atom. The van der Waals surface area contributed by atoms with Gasteiger partial charge in [-0.2, -0.15) is 11.3 Å². The SMILES string of the molecule is O=C(O)[C@H]1C[C@@H](c2ccccc2)CN(C(=O)Cc2ccsc2)C1. The predicted octanol–water partition coefficient (Wildman–Crippen LogP) is 3.01. The average Bonchev–Trinajstić information content (AvgIpc) is 3.08. The van der Waals surface area contributed by atoms with Crippen molar-refractivity contribution in [1.29, 1.82) is 0 Å². The summed E-state index contributed by atoms with van der Waals surface area (Å²) >= 11 is 1.57. The van der Waals surface area contributed by atoms with Gasteiger partial charge in [0.25, 0.3) is 0 Å². The number of amides is 1. The maximum atomic E-state index is 12.5. The number of hydrogen-bond donors (Lipinski definition) is 1. The Labute approximate surface area is 139 Å². The predicted molar refractivity (Wildman–Crippen MR) is 89.5 cm³/mol. The molecular formula is C18H19NO3S. The topological polar surface area (TPSA) is 57.6 Å². The number of carboxylic acids is 1. The molecule has 0 saturated carbocycles. The number of benzene rings is 1. The Kier molecular flexibility index (Phi) is 4.76. The maximum absolute atomic E-state index is 12.5. The smallest absolute Gasteiger partial charge is 0.308 e. The third-order valence-electron chi connectivity index (χ3n) is 4.36. The number of carboxylic acid groups (broad SMARTS) is 1. The summed E-state index contributed by atoms with van der Waals surface area (Å²) in [5.74, 6) is -1.23. The summed E-state index contributed by atoms with van der Waals surface area (Å²) in [7, 11) is 0. The molecule has 1 saturated heterocycles. The summed E-state index contributed by atoms with van der Waals surface area (Å²) in [6.45, 7) is 0.901. The zero-order valence-corrected chi connectivity index (χ0v) is 13.5. The summed E-state index contributed by atoms with van der Waals surface area (Å²) in [5, 5.41) is 13.3. The molecule has 4 nitrogen and oxygen atoms in total. The van der Waals surface area contributed by atoms with Gasteiger partial charge in [-0.05, 0) is 34.4 Å². The third-order valence-corrected chi connectivity index (χ3v) is 5.09.